The summed E-state index contributed by atoms with van der Waals surface area (Å²) in [6.45, 7) is 2.26. The highest BCUT2D eigenvalue weighted by molar-refractivity contribution is 4.89. The minimum absolute atomic E-state index is 0.304. The molecule has 0 bridgehead atoms. The molecular formula is C10H18O2. The van der Waals surface area contributed by atoms with Gasteiger partial charge in [-0.3, -0.25) is 0 Å². The van der Waals surface area contributed by atoms with E-state index in [-0.39, 0.29) is 0 Å². The van der Waals surface area contributed by atoms with Crippen molar-refractivity contribution in [2.24, 2.45) is 11.3 Å². The van der Waals surface area contributed by atoms with Crippen molar-refractivity contribution in [3.63, 3.8) is 0 Å². The van der Waals surface area contributed by atoms with Crippen molar-refractivity contribution >= 4 is 0 Å². The van der Waals surface area contributed by atoms with E-state index in [2.05, 4.69) is 0 Å². The minimum Gasteiger partial charge on any atom is -0.396 e. The summed E-state index contributed by atoms with van der Waals surface area (Å²) in [5.74, 6) is 0.734. The van der Waals surface area contributed by atoms with Gasteiger partial charge < -0.3 is 9.84 Å². The molecule has 1 unspecified atom stereocenters. The second-order valence-corrected chi connectivity index (χ2v) is 4.45. The van der Waals surface area contributed by atoms with Gasteiger partial charge in [-0.25, -0.2) is 0 Å². The van der Waals surface area contributed by atoms with Crippen LogP contribution < -0.4 is 0 Å². The molecule has 2 fully saturated rings. The molecule has 0 spiro atoms. The Morgan fingerprint density at radius 1 is 1.42 bits per heavy atom. The zero-order valence-electron chi connectivity index (χ0n) is 7.59. The molecule has 1 heterocycles. The highest BCUT2D eigenvalue weighted by Crippen LogP contribution is 2.46. The Hall–Kier alpha value is -0.0800. The molecule has 2 aliphatic rings. The maximum Gasteiger partial charge on any atom is 0.0495 e. The first-order valence-electron chi connectivity index (χ1n) is 5.03. The van der Waals surface area contributed by atoms with Crippen molar-refractivity contribution < 1.29 is 9.84 Å². The van der Waals surface area contributed by atoms with Gasteiger partial charge in [0, 0.05) is 19.8 Å². The van der Waals surface area contributed by atoms with Crippen molar-refractivity contribution in [1.29, 1.82) is 0 Å². The van der Waals surface area contributed by atoms with E-state index in [4.69, 9.17) is 4.74 Å². The third-order valence-electron chi connectivity index (χ3n) is 3.50. The van der Waals surface area contributed by atoms with E-state index in [0.717, 1.165) is 19.1 Å². The molecule has 2 heteroatoms. The molecule has 0 aromatic carbocycles. The number of aliphatic hydroxyl groups excluding tert-OH is 1. The normalized spacial score (nSPS) is 33.2. The second-order valence-electron chi connectivity index (χ2n) is 4.45. The molecule has 70 valence electrons. The topological polar surface area (TPSA) is 29.5 Å². The maximum absolute atomic E-state index is 9.26. The molecule has 1 N–H and O–H groups in total. The van der Waals surface area contributed by atoms with Crippen LogP contribution in [-0.2, 0) is 4.74 Å². The number of hydrogen-bond donors (Lipinski definition) is 1. The maximum atomic E-state index is 9.26. The fourth-order valence-electron chi connectivity index (χ4n) is 2.46. The lowest BCUT2D eigenvalue weighted by Crippen LogP contribution is -2.35. The average molecular weight is 170 g/mol. The Morgan fingerprint density at radius 3 is 2.67 bits per heavy atom. The third kappa shape index (κ3) is 1.50. The van der Waals surface area contributed by atoms with E-state index >= 15 is 0 Å². The molecule has 1 saturated heterocycles. The van der Waals surface area contributed by atoms with Crippen LogP contribution in [0, 0.1) is 11.3 Å². The molecule has 12 heavy (non-hydrogen) atoms. The van der Waals surface area contributed by atoms with Crippen LogP contribution in [-0.4, -0.2) is 24.9 Å². The van der Waals surface area contributed by atoms with E-state index < -0.39 is 0 Å². The molecule has 0 radical (unpaired) electrons. The first-order valence-corrected chi connectivity index (χ1v) is 5.03. The third-order valence-corrected chi connectivity index (χ3v) is 3.50. The number of hydrogen-bond acceptors (Lipinski definition) is 2. The lowest BCUT2D eigenvalue weighted by molar-refractivity contribution is 0.0183. The predicted octanol–water partition coefficient (Wildman–Crippen LogP) is 1.58. The highest BCUT2D eigenvalue weighted by atomic mass is 16.5. The smallest absolute Gasteiger partial charge is 0.0495 e. The van der Waals surface area contributed by atoms with E-state index in [1.807, 2.05) is 0 Å². The van der Waals surface area contributed by atoms with Crippen molar-refractivity contribution in [2.75, 3.05) is 19.8 Å². The summed E-state index contributed by atoms with van der Waals surface area (Å²) in [6, 6.07) is 0. The van der Waals surface area contributed by atoms with Crippen molar-refractivity contribution in [3.8, 4) is 0 Å². The van der Waals surface area contributed by atoms with Crippen LogP contribution in [0.4, 0.5) is 0 Å². The quantitative estimate of drug-likeness (QED) is 0.696. The highest BCUT2D eigenvalue weighted by Gasteiger charge is 2.38. The molecule has 1 saturated carbocycles. The molecule has 1 aliphatic heterocycles. The van der Waals surface area contributed by atoms with Gasteiger partial charge in [0.05, 0.1) is 0 Å². The van der Waals surface area contributed by atoms with Crippen LogP contribution in [0.25, 0.3) is 0 Å². The van der Waals surface area contributed by atoms with Crippen LogP contribution in [0.1, 0.15) is 32.1 Å². The van der Waals surface area contributed by atoms with Gasteiger partial charge >= 0.3 is 0 Å². The standard InChI is InChI=1S/C10H18O2/c11-8-10(3-1-4-10)6-9-2-5-12-7-9/h9,11H,1-8H2. The first-order chi connectivity index (χ1) is 5.85. The summed E-state index contributed by atoms with van der Waals surface area (Å²) in [5, 5.41) is 9.26. The summed E-state index contributed by atoms with van der Waals surface area (Å²) in [7, 11) is 0. The SMILES string of the molecule is OCC1(CC2CCOC2)CCC1. The van der Waals surface area contributed by atoms with Gasteiger partial charge in [-0.05, 0) is 37.0 Å². The Labute approximate surface area is 73.9 Å². The molecule has 0 aromatic heterocycles. The minimum atomic E-state index is 0.304. The van der Waals surface area contributed by atoms with Crippen LogP contribution in [0.2, 0.25) is 0 Å². The van der Waals surface area contributed by atoms with Gasteiger partial charge in [-0.15, -0.1) is 0 Å². The molecule has 1 atom stereocenters. The largest absolute Gasteiger partial charge is 0.396 e. The Balaban J connectivity index is 1.83. The van der Waals surface area contributed by atoms with Gasteiger partial charge in [0.15, 0.2) is 0 Å². The first kappa shape index (κ1) is 8.52. The van der Waals surface area contributed by atoms with Crippen LogP contribution >= 0.6 is 0 Å². The number of aliphatic hydroxyl groups is 1. The fourth-order valence-corrected chi connectivity index (χ4v) is 2.46. The molecule has 2 rings (SSSR count). The molecule has 2 nitrogen and oxygen atoms in total. The summed E-state index contributed by atoms with van der Waals surface area (Å²) in [6.07, 6.45) is 6.19. The number of ether oxygens (including phenoxy) is 1. The van der Waals surface area contributed by atoms with Crippen LogP contribution in [0.15, 0.2) is 0 Å². The summed E-state index contributed by atoms with van der Waals surface area (Å²) < 4.78 is 5.33. The molecule has 0 aromatic rings. The van der Waals surface area contributed by atoms with Gasteiger partial charge in [-0.2, -0.15) is 0 Å². The Bertz CT molecular complexity index is 140. The van der Waals surface area contributed by atoms with Crippen molar-refractivity contribution in [3.05, 3.63) is 0 Å². The lowest BCUT2D eigenvalue weighted by atomic mass is 9.65. The Kier molecular flexibility index (Phi) is 2.37. The molecule has 0 amide bonds. The van der Waals surface area contributed by atoms with E-state index in [9.17, 15) is 5.11 Å². The van der Waals surface area contributed by atoms with Gasteiger partial charge in [0.1, 0.15) is 0 Å². The summed E-state index contributed by atoms with van der Waals surface area (Å²) in [4.78, 5) is 0. The lowest BCUT2D eigenvalue weighted by Gasteiger charge is -2.42. The Morgan fingerprint density at radius 2 is 2.25 bits per heavy atom. The van der Waals surface area contributed by atoms with Gasteiger partial charge in [0.25, 0.3) is 0 Å². The average Bonchev–Trinajstić information content (AvgIpc) is 2.49. The van der Waals surface area contributed by atoms with Crippen LogP contribution in [0.5, 0.6) is 0 Å². The van der Waals surface area contributed by atoms with E-state index in [1.54, 1.807) is 0 Å². The molecular weight excluding hydrogens is 152 g/mol. The zero-order valence-corrected chi connectivity index (χ0v) is 7.59. The van der Waals surface area contributed by atoms with E-state index in [1.165, 1.54) is 32.1 Å². The van der Waals surface area contributed by atoms with Crippen molar-refractivity contribution in [1.82, 2.24) is 0 Å². The second kappa shape index (κ2) is 3.35. The van der Waals surface area contributed by atoms with Gasteiger partial charge in [-0.1, -0.05) is 6.42 Å². The predicted molar refractivity (Wildman–Crippen MR) is 46.9 cm³/mol. The van der Waals surface area contributed by atoms with E-state index in [0.29, 0.717) is 12.0 Å². The van der Waals surface area contributed by atoms with Crippen molar-refractivity contribution in [2.45, 2.75) is 32.1 Å². The fraction of sp³-hybridized carbons (Fsp3) is 1.00. The van der Waals surface area contributed by atoms with Crippen LogP contribution in [0.3, 0.4) is 0 Å². The number of rotatable bonds is 3. The summed E-state index contributed by atoms with van der Waals surface area (Å²) in [5.41, 5.74) is 0.304. The van der Waals surface area contributed by atoms with Gasteiger partial charge in [0.2, 0.25) is 0 Å². The molecule has 1 aliphatic carbocycles. The summed E-state index contributed by atoms with van der Waals surface area (Å²) >= 11 is 0. The zero-order chi connectivity index (χ0) is 8.44. The monoisotopic (exact) mass is 170 g/mol.